The molecule has 0 atom stereocenters. The second-order valence-corrected chi connectivity index (χ2v) is 10.2. The number of aromatic nitrogens is 1. The van der Waals surface area contributed by atoms with Gasteiger partial charge < -0.3 is 15.7 Å². The van der Waals surface area contributed by atoms with Crippen molar-refractivity contribution in [3.05, 3.63) is 77.6 Å². The second kappa shape index (κ2) is 11.1. The molecule has 1 aromatic heterocycles. The molecule has 4 rings (SSSR count). The normalized spacial score (nSPS) is 15.2. The summed E-state index contributed by atoms with van der Waals surface area (Å²) in [7, 11) is 0. The van der Waals surface area contributed by atoms with Gasteiger partial charge in [-0.15, -0.1) is 0 Å². The number of piperazine rings is 1. The van der Waals surface area contributed by atoms with E-state index < -0.39 is 17.3 Å². The Labute approximate surface area is 216 Å². The molecule has 37 heavy (non-hydrogen) atoms. The summed E-state index contributed by atoms with van der Waals surface area (Å²) >= 11 is 0. The lowest BCUT2D eigenvalue weighted by Gasteiger charge is -2.36. The zero-order valence-electron chi connectivity index (χ0n) is 21.4. The van der Waals surface area contributed by atoms with Crippen molar-refractivity contribution in [2.24, 2.45) is 0 Å². The summed E-state index contributed by atoms with van der Waals surface area (Å²) in [5.41, 5.74) is 9.84. The molecule has 3 aromatic rings. The first kappa shape index (κ1) is 26.9. The highest BCUT2D eigenvalue weighted by molar-refractivity contribution is 5.77. The molecule has 0 unspecified atom stereocenters. The maximum Gasteiger partial charge on any atom is 0.416 e. The lowest BCUT2D eigenvalue weighted by molar-refractivity contribution is -0.137. The fourth-order valence-corrected chi connectivity index (χ4v) is 4.77. The van der Waals surface area contributed by atoms with Crippen LogP contribution in [0.5, 0.6) is 0 Å². The summed E-state index contributed by atoms with van der Waals surface area (Å²) in [5, 5.41) is 10.4. The Morgan fingerprint density at radius 2 is 1.62 bits per heavy atom. The summed E-state index contributed by atoms with van der Waals surface area (Å²) in [6, 6.07) is 15.3. The van der Waals surface area contributed by atoms with E-state index in [9.17, 15) is 18.3 Å². The Balaban J connectivity index is 1.28. The predicted octanol–water partition coefficient (Wildman–Crippen LogP) is 5.72. The molecule has 3 N–H and O–H groups in total. The second-order valence-electron chi connectivity index (χ2n) is 10.2. The van der Waals surface area contributed by atoms with E-state index in [1.54, 1.807) is 26.1 Å². The van der Waals surface area contributed by atoms with Gasteiger partial charge in [0.05, 0.1) is 22.5 Å². The lowest BCUT2D eigenvalue weighted by Crippen LogP contribution is -2.46. The molecule has 1 aliphatic heterocycles. The maximum absolute atomic E-state index is 13.0. The minimum Gasteiger partial charge on any atom is -0.397 e. The number of nitrogens with two attached hydrogens (primary N) is 1. The van der Waals surface area contributed by atoms with Crippen LogP contribution in [0.25, 0.3) is 11.1 Å². The summed E-state index contributed by atoms with van der Waals surface area (Å²) in [4.78, 5) is 8.90. The summed E-state index contributed by atoms with van der Waals surface area (Å²) in [5.74, 6) is 0. The maximum atomic E-state index is 13.0. The van der Waals surface area contributed by atoms with Crippen molar-refractivity contribution in [2.75, 3.05) is 43.4 Å². The highest BCUT2D eigenvalue weighted by Crippen LogP contribution is 2.33. The first-order valence-electron chi connectivity index (χ1n) is 12.7. The molecule has 2 aromatic carbocycles. The van der Waals surface area contributed by atoms with Gasteiger partial charge in [-0.3, -0.25) is 9.88 Å². The molecule has 0 bridgehead atoms. The highest BCUT2D eigenvalue weighted by atomic mass is 19.4. The Morgan fingerprint density at radius 3 is 2.32 bits per heavy atom. The van der Waals surface area contributed by atoms with Gasteiger partial charge in [0, 0.05) is 43.6 Å². The van der Waals surface area contributed by atoms with E-state index >= 15 is 0 Å². The van der Waals surface area contributed by atoms with Crippen molar-refractivity contribution < 1.29 is 18.3 Å². The molecule has 1 fully saturated rings. The number of halogens is 3. The van der Waals surface area contributed by atoms with Crippen LogP contribution in [0.3, 0.4) is 0 Å². The van der Waals surface area contributed by atoms with Crippen molar-refractivity contribution in [1.82, 2.24) is 9.88 Å². The number of anilines is 2. The molecule has 0 aliphatic carbocycles. The monoisotopic (exact) mass is 512 g/mol. The number of hydrogen-bond acceptors (Lipinski definition) is 5. The summed E-state index contributed by atoms with van der Waals surface area (Å²) < 4.78 is 39.1. The number of rotatable bonds is 8. The minimum absolute atomic E-state index is 0.602. The van der Waals surface area contributed by atoms with Crippen molar-refractivity contribution in [3.63, 3.8) is 0 Å². The molecular weight excluding hydrogens is 477 g/mol. The molecule has 0 spiro atoms. The van der Waals surface area contributed by atoms with Crippen LogP contribution in [0.1, 0.15) is 43.5 Å². The fourth-order valence-electron chi connectivity index (χ4n) is 4.77. The van der Waals surface area contributed by atoms with Gasteiger partial charge in [0.15, 0.2) is 0 Å². The average molecular weight is 513 g/mol. The number of pyridine rings is 1. The molecular formula is C29H35F3N4O. The third kappa shape index (κ3) is 6.81. The number of aryl methyl sites for hydroxylation is 1. The van der Waals surface area contributed by atoms with Crippen molar-refractivity contribution in [2.45, 2.75) is 44.9 Å². The standard InChI is InChI=1S/C29H35F3N4O/c1-28(2,37)22-8-5-7-21(19-22)25-12-13-34-26(27(25)33)11-3-4-14-35-15-17-36(18-16-35)24-10-6-9-23(20-24)29(30,31)32/h5-10,12-13,19-20,37H,3-4,11,14-18,33H2,1-2H3. The van der Waals surface area contributed by atoms with E-state index in [1.807, 2.05) is 35.2 Å². The smallest absolute Gasteiger partial charge is 0.397 e. The number of aliphatic hydroxyl groups is 1. The van der Waals surface area contributed by atoms with E-state index in [4.69, 9.17) is 5.73 Å². The average Bonchev–Trinajstić information content (AvgIpc) is 2.87. The van der Waals surface area contributed by atoms with Crippen molar-refractivity contribution >= 4 is 11.4 Å². The summed E-state index contributed by atoms with van der Waals surface area (Å²) in [6.45, 7) is 7.53. The van der Waals surface area contributed by atoms with Gasteiger partial charge in [-0.05, 0) is 81.1 Å². The largest absolute Gasteiger partial charge is 0.416 e. The van der Waals surface area contributed by atoms with Gasteiger partial charge in [0.25, 0.3) is 0 Å². The van der Waals surface area contributed by atoms with Crippen LogP contribution in [-0.4, -0.2) is 47.7 Å². The zero-order valence-corrected chi connectivity index (χ0v) is 21.4. The van der Waals surface area contributed by atoms with Gasteiger partial charge in [-0.2, -0.15) is 13.2 Å². The number of nitrogens with zero attached hydrogens (tertiary/aromatic N) is 3. The Kier molecular flexibility index (Phi) is 8.09. The molecule has 8 heteroatoms. The van der Waals surface area contributed by atoms with Crippen LogP contribution in [0.2, 0.25) is 0 Å². The third-order valence-corrected chi connectivity index (χ3v) is 7.00. The van der Waals surface area contributed by atoms with Crippen LogP contribution in [-0.2, 0) is 18.2 Å². The molecule has 1 saturated heterocycles. The van der Waals surface area contributed by atoms with E-state index in [-0.39, 0.29) is 0 Å². The van der Waals surface area contributed by atoms with Crippen LogP contribution >= 0.6 is 0 Å². The molecule has 198 valence electrons. The topological polar surface area (TPSA) is 65.6 Å². The Morgan fingerprint density at radius 1 is 0.919 bits per heavy atom. The molecule has 1 aliphatic rings. The van der Waals surface area contributed by atoms with Crippen molar-refractivity contribution in [1.29, 1.82) is 0 Å². The molecule has 0 saturated carbocycles. The lowest BCUT2D eigenvalue weighted by atomic mass is 9.93. The van der Waals surface area contributed by atoms with Gasteiger partial charge in [-0.25, -0.2) is 0 Å². The van der Waals surface area contributed by atoms with Crippen LogP contribution in [0.4, 0.5) is 24.5 Å². The number of nitrogen functional groups attached to an aromatic ring is 1. The van der Waals surface area contributed by atoms with Crippen LogP contribution < -0.4 is 10.6 Å². The quantitative estimate of drug-likeness (QED) is 0.378. The van der Waals surface area contributed by atoms with E-state index in [0.29, 0.717) is 24.5 Å². The van der Waals surface area contributed by atoms with Gasteiger partial charge in [0.2, 0.25) is 0 Å². The molecule has 0 radical (unpaired) electrons. The Bertz CT molecular complexity index is 1200. The fraction of sp³-hybridized carbons (Fsp3) is 0.414. The number of benzene rings is 2. The molecule has 0 amide bonds. The first-order chi connectivity index (χ1) is 17.5. The highest BCUT2D eigenvalue weighted by Gasteiger charge is 2.31. The predicted molar refractivity (Wildman–Crippen MR) is 142 cm³/mol. The molecule has 2 heterocycles. The number of hydrogen-bond donors (Lipinski definition) is 2. The number of alkyl halides is 3. The van der Waals surface area contributed by atoms with Gasteiger partial charge in [-0.1, -0.05) is 24.3 Å². The minimum atomic E-state index is -4.32. The van der Waals surface area contributed by atoms with Crippen LogP contribution in [0, 0.1) is 0 Å². The van der Waals surface area contributed by atoms with E-state index in [2.05, 4.69) is 9.88 Å². The van der Waals surface area contributed by atoms with Gasteiger partial charge in [0.1, 0.15) is 0 Å². The van der Waals surface area contributed by atoms with E-state index in [1.165, 1.54) is 12.1 Å². The van der Waals surface area contributed by atoms with Crippen molar-refractivity contribution in [3.8, 4) is 11.1 Å². The van der Waals surface area contributed by atoms with Gasteiger partial charge >= 0.3 is 6.18 Å². The number of unbranched alkanes of at least 4 members (excludes halogenated alkanes) is 1. The first-order valence-corrected chi connectivity index (χ1v) is 12.7. The third-order valence-electron chi connectivity index (χ3n) is 7.00. The van der Waals surface area contributed by atoms with E-state index in [0.717, 1.165) is 67.3 Å². The van der Waals surface area contributed by atoms with Crippen LogP contribution in [0.15, 0.2) is 60.8 Å². The SMILES string of the molecule is CC(C)(O)c1cccc(-c2ccnc(CCCCN3CCN(c4cccc(C(F)(F)F)c4)CC3)c2N)c1. The zero-order chi connectivity index (χ0) is 26.6. The Hall–Kier alpha value is -3.10. The summed E-state index contributed by atoms with van der Waals surface area (Å²) in [6.07, 6.45) is 0.164. The molecule has 5 nitrogen and oxygen atoms in total.